The van der Waals surface area contributed by atoms with Crippen molar-refractivity contribution in [2.24, 2.45) is 0 Å². The second-order valence-corrected chi connectivity index (χ2v) is 4.87. The zero-order valence-corrected chi connectivity index (χ0v) is 9.01. The van der Waals surface area contributed by atoms with Crippen molar-refractivity contribution in [1.29, 1.82) is 0 Å². The molecule has 1 heterocycles. The first-order valence-corrected chi connectivity index (χ1v) is 5.77. The summed E-state index contributed by atoms with van der Waals surface area (Å²) in [6.45, 7) is 5.24. The van der Waals surface area contributed by atoms with Crippen LogP contribution in [-0.4, -0.2) is 46.1 Å². The van der Waals surface area contributed by atoms with Crippen molar-refractivity contribution in [2.45, 2.75) is 31.6 Å². The number of rotatable bonds is 4. The van der Waals surface area contributed by atoms with Gasteiger partial charge in [-0.2, -0.15) is 11.8 Å². The Balaban J connectivity index is 2.49. The van der Waals surface area contributed by atoms with E-state index < -0.39 is 5.97 Å². The quantitative estimate of drug-likeness (QED) is 0.747. The Labute approximate surface area is 83.5 Å². The molecule has 1 rings (SSSR count). The highest BCUT2D eigenvalue weighted by atomic mass is 32.2. The summed E-state index contributed by atoms with van der Waals surface area (Å²) < 4.78 is 0. The Hall–Kier alpha value is -0.220. The number of carboxylic acid groups (broad SMARTS) is 1. The van der Waals surface area contributed by atoms with Gasteiger partial charge in [0.1, 0.15) is 0 Å². The van der Waals surface area contributed by atoms with Crippen LogP contribution in [0.4, 0.5) is 0 Å². The molecule has 2 unspecified atom stereocenters. The second-order valence-electron chi connectivity index (χ2n) is 3.39. The van der Waals surface area contributed by atoms with Gasteiger partial charge in [-0.05, 0) is 18.7 Å². The van der Waals surface area contributed by atoms with Gasteiger partial charge in [0.05, 0.1) is 6.54 Å². The van der Waals surface area contributed by atoms with Gasteiger partial charge in [-0.3, -0.25) is 9.69 Å². The van der Waals surface area contributed by atoms with Gasteiger partial charge in [-0.25, -0.2) is 0 Å². The smallest absolute Gasteiger partial charge is 0.317 e. The second kappa shape index (κ2) is 4.86. The highest BCUT2D eigenvalue weighted by molar-refractivity contribution is 8.00. The van der Waals surface area contributed by atoms with Crippen molar-refractivity contribution < 1.29 is 9.90 Å². The van der Waals surface area contributed by atoms with Crippen LogP contribution in [-0.2, 0) is 4.79 Å². The molecule has 0 aromatic heterocycles. The van der Waals surface area contributed by atoms with Gasteiger partial charge in [-0.15, -0.1) is 0 Å². The monoisotopic (exact) mass is 203 g/mol. The third-order valence-corrected chi connectivity index (χ3v) is 3.86. The average Bonchev–Trinajstić information content (AvgIpc) is 2.47. The largest absolute Gasteiger partial charge is 0.480 e. The number of carbonyl (C=O) groups is 1. The lowest BCUT2D eigenvalue weighted by Crippen LogP contribution is -2.41. The summed E-state index contributed by atoms with van der Waals surface area (Å²) in [5.41, 5.74) is 0. The molecule has 0 aromatic carbocycles. The minimum absolute atomic E-state index is 0.187. The van der Waals surface area contributed by atoms with Crippen LogP contribution in [0.15, 0.2) is 0 Å². The Morgan fingerprint density at radius 1 is 1.69 bits per heavy atom. The molecule has 1 fully saturated rings. The van der Waals surface area contributed by atoms with Gasteiger partial charge in [0.15, 0.2) is 0 Å². The van der Waals surface area contributed by atoms with Crippen LogP contribution in [0, 0.1) is 0 Å². The number of hydrogen-bond acceptors (Lipinski definition) is 3. The molecule has 0 spiro atoms. The zero-order valence-electron chi connectivity index (χ0n) is 8.19. The lowest BCUT2D eigenvalue weighted by molar-refractivity contribution is -0.138. The molecule has 4 heteroatoms. The lowest BCUT2D eigenvalue weighted by Gasteiger charge is -2.28. The number of hydrogen-bond donors (Lipinski definition) is 1. The van der Waals surface area contributed by atoms with E-state index in [0.717, 1.165) is 13.0 Å². The molecule has 2 atom stereocenters. The van der Waals surface area contributed by atoms with E-state index in [1.807, 2.05) is 18.7 Å². The predicted octanol–water partition coefficient (Wildman–Crippen LogP) is 1.29. The fourth-order valence-electron chi connectivity index (χ4n) is 1.84. The number of aliphatic carboxylic acids is 1. The summed E-state index contributed by atoms with van der Waals surface area (Å²) in [7, 11) is 0. The van der Waals surface area contributed by atoms with E-state index in [0.29, 0.717) is 11.3 Å². The maximum absolute atomic E-state index is 10.6. The molecule has 0 aromatic rings. The van der Waals surface area contributed by atoms with Crippen molar-refractivity contribution in [3.63, 3.8) is 0 Å². The molecule has 3 nitrogen and oxygen atoms in total. The summed E-state index contributed by atoms with van der Waals surface area (Å²) in [6, 6.07) is 0.464. The number of nitrogens with zero attached hydrogens (tertiary/aromatic N) is 1. The van der Waals surface area contributed by atoms with Crippen LogP contribution in [0.5, 0.6) is 0 Å². The molecule has 0 bridgehead atoms. The first kappa shape index (κ1) is 10.9. The molecule has 1 aliphatic heterocycles. The molecule has 13 heavy (non-hydrogen) atoms. The van der Waals surface area contributed by atoms with Crippen molar-refractivity contribution in [3.8, 4) is 0 Å². The van der Waals surface area contributed by atoms with Crippen LogP contribution in [0.1, 0.15) is 20.3 Å². The predicted molar refractivity (Wildman–Crippen MR) is 55.2 cm³/mol. The van der Waals surface area contributed by atoms with Crippen molar-refractivity contribution >= 4 is 17.7 Å². The Morgan fingerprint density at radius 2 is 2.38 bits per heavy atom. The van der Waals surface area contributed by atoms with Crippen molar-refractivity contribution in [2.75, 3.05) is 18.8 Å². The molecule has 1 saturated heterocycles. The molecule has 1 aliphatic rings. The van der Waals surface area contributed by atoms with Crippen LogP contribution < -0.4 is 0 Å². The minimum Gasteiger partial charge on any atom is -0.480 e. The first-order chi connectivity index (χ1) is 6.15. The highest BCUT2D eigenvalue weighted by Gasteiger charge is 2.29. The van der Waals surface area contributed by atoms with E-state index >= 15 is 0 Å². The van der Waals surface area contributed by atoms with Gasteiger partial charge in [0, 0.05) is 11.3 Å². The van der Waals surface area contributed by atoms with E-state index in [1.165, 1.54) is 5.75 Å². The van der Waals surface area contributed by atoms with Gasteiger partial charge >= 0.3 is 5.97 Å². The molecular formula is C9H17NO2S. The van der Waals surface area contributed by atoms with Crippen LogP contribution in [0.3, 0.4) is 0 Å². The summed E-state index contributed by atoms with van der Waals surface area (Å²) in [6.07, 6.45) is 1.13. The third-order valence-electron chi connectivity index (χ3n) is 2.55. The molecule has 1 N–H and O–H groups in total. The fourth-order valence-corrected chi connectivity index (χ4v) is 3.12. The Kier molecular flexibility index (Phi) is 4.06. The third kappa shape index (κ3) is 2.88. The van der Waals surface area contributed by atoms with Gasteiger partial charge < -0.3 is 5.11 Å². The van der Waals surface area contributed by atoms with E-state index in [4.69, 9.17) is 5.11 Å². The molecular weight excluding hydrogens is 186 g/mol. The molecule has 0 saturated carbocycles. The van der Waals surface area contributed by atoms with Crippen molar-refractivity contribution in [1.82, 2.24) is 4.90 Å². The van der Waals surface area contributed by atoms with Crippen LogP contribution in [0.2, 0.25) is 0 Å². The Morgan fingerprint density at radius 3 is 2.77 bits per heavy atom. The fraction of sp³-hybridized carbons (Fsp3) is 0.889. The topological polar surface area (TPSA) is 40.5 Å². The van der Waals surface area contributed by atoms with Gasteiger partial charge in [0.25, 0.3) is 0 Å². The number of thioether (sulfide) groups is 1. The Bertz CT molecular complexity index is 186. The summed E-state index contributed by atoms with van der Waals surface area (Å²) in [4.78, 5) is 12.6. The van der Waals surface area contributed by atoms with Gasteiger partial charge in [0.2, 0.25) is 0 Å². The van der Waals surface area contributed by atoms with E-state index in [2.05, 4.69) is 11.8 Å². The molecule has 0 amide bonds. The maximum atomic E-state index is 10.6. The van der Waals surface area contributed by atoms with E-state index in [9.17, 15) is 4.79 Å². The van der Waals surface area contributed by atoms with Crippen LogP contribution >= 0.6 is 11.8 Å². The highest BCUT2D eigenvalue weighted by Crippen LogP contribution is 2.29. The number of likely N-dealkylation sites (N-methyl/N-ethyl adjacent to an activating group) is 1. The number of carboxylic acids is 1. The minimum atomic E-state index is -0.717. The summed E-state index contributed by atoms with van der Waals surface area (Å²) in [5.74, 6) is 0.452. The molecule has 0 aliphatic carbocycles. The van der Waals surface area contributed by atoms with E-state index in [-0.39, 0.29) is 6.54 Å². The zero-order chi connectivity index (χ0) is 9.84. The maximum Gasteiger partial charge on any atom is 0.317 e. The summed E-state index contributed by atoms with van der Waals surface area (Å²) >= 11 is 1.94. The van der Waals surface area contributed by atoms with Crippen LogP contribution in [0.25, 0.3) is 0 Å². The normalized spacial score (nSPS) is 28.2. The summed E-state index contributed by atoms with van der Waals surface area (Å²) in [5, 5.41) is 9.30. The SMILES string of the molecule is CCN(CC(=O)O)C1CCSC1C. The standard InChI is InChI=1S/C9H17NO2S/c1-3-10(6-9(11)12)8-4-5-13-7(8)2/h7-8H,3-6H2,1-2H3,(H,11,12). The van der Waals surface area contributed by atoms with E-state index in [1.54, 1.807) is 0 Å². The lowest BCUT2D eigenvalue weighted by atomic mass is 10.1. The molecule has 0 radical (unpaired) electrons. The van der Waals surface area contributed by atoms with Gasteiger partial charge in [-0.1, -0.05) is 13.8 Å². The first-order valence-electron chi connectivity index (χ1n) is 4.72. The molecule has 76 valence electrons. The average molecular weight is 203 g/mol. The van der Waals surface area contributed by atoms with Crippen molar-refractivity contribution in [3.05, 3.63) is 0 Å².